The molecule has 0 aliphatic carbocycles. The Bertz CT molecular complexity index is 994. The predicted octanol–water partition coefficient (Wildman–Crippen LogP) is 3.59. The van der Waals surface area contributed by atoms with Crippen LogP contribution in [0.1, 0.15) is 30.9 Å². The Morgan fingerprint density at radius 3 is 2.24 bits per heavy atom. The van der Waals surface area contributed by atoms with Crippen LogP contribution in [0, 0.1) is 12.8 Å². The monoisotopic (exact) mass is 433 g/mol. The normalized spacial score (nSPS) is 16.6. The first-order chi connectivity index (χ1) is 13.8. The summed E-state index contributed by atoms with van der Waals surface area (Å²) in [5, 5.41) is 4.80. The van der Waals surface area contributed by atoms with Gasteiger partial charge < -0.3 is 0 Å². The van der Waals surface area contributed by atoms with Gasteiger partial charge in [0.2, 0.25) is 15.9 Å². The summed E-state index contributed by atoms with van der Waals surface area (Å²) < 4.78 is 27.0. The summed E-state index contributed by atoms with van der Waals surface area (Å²) in [6, 6.07) is 14.0. The number of benzene rings is 2. The molecule has 0 radical (unpaired) electrons. The van der Waals surface area contributed by atoms with E-state index in [1.165, 1.54) is 4.31 Å². The van der Waals surface area contributed by atoms with Crippen molar-refractivity contribution in [3.63, 3.8) is 0 Å². The first kappa shape index (κ1) is 21.5. The minimum atomic E-state index is -3.53. The fourth-order valence-electron chi connectivity index (χ4n) is 3.20. The number of carbonyl (C=O) groups is 1. The van der Waals surface area contributed by atoms with Crippen LogP contribution in [0.3, 0.4) is 0 Å². The number of hydrogen-bond donors (Lipinski definition) is 1. The highest BCUT2D eigenvalue weighted by molar-refractivity contribution is 7.89. The lowest BCUT2D eigenvalue weighted by Gasteiger charge is -2.30. The standard InChI is InChI=1S/C21H24ClN3O3S/c1-15-3-9-20(10-4-15)29(27,28)25-13-11-18(12-14-25)21(26)24-23-16(2)17-5-7-19(22)8-6-17/h3-10,18H,11-14H2,1-2H3,(H,24,26). The molecule has 1 heterocycles. The Kier molecular flexibility index (Phi) is 6.72. The first-order valence-corrected chi connectivity index (χ1v) is 11.3. The highest BCUT2D eigenvalue weighted by Gasteiger charge is 2.32. The summed E-state index contributed by atoms with van der Waals surface area (Å²) in [5.41, 5.74) is 5.16. The molecule has 6 nitrogen and oxygen atoms in total. The molecule has 1 N–H and O–H groups in total. The molecule has 154 valence electrons. The van der Waals surface area contributed by atoms with Crippen molar-refractivity contribution in [2.24, 2.45) is 11.0 Å². The number of piperidine rings is 1. The Balaban J connectivity index is 1.57. The van der Waals surface area contributed by atoms with Crippen LogP contribution in [0.25, 0.3) is 0 Å². The maximum Gasteiger partial charge on any atom is 0.243 e. The molecule has 1 aliphatic heterocycles. The fourth-order valence-corrected chi connectivity index (χ4v) is 4.80. The van der Waals surface area contributed by atoms with E-state index < -0.39 is 10.0 Å². The number of halogens is 1. The van der Waals surface area contributed by atoms with Gasteiger partial charge in [-0.15, -0.1) is 0 Å². The minimum Gasteiger partial charge on any atom is -0.273 e. The summed E-state index contributed by atoms with van der Waals surface area (Å²) in [6.07, 6.45) is 0.929. The molecule has 1 saturated heterocycles. The van der Waals surface area contributed by atoms with Crippen LogP contribution in [0.5, 0.6) is 0 Å². The van der Waals surface area contributed by atoms with E-state index in [4.69, 9.17) is 11.6 Å². The summed E-state index contributed by atoms with van der Waals surface area (Å²) in [7, 11) is -3.53. The molecule has 0 saturated carbocycles. The molecule has 0 bridgehead atoms. The lowest BCUT2D eigenvalue weighted by Crippen LogP contribution is -2.42. The largest absolute Gasteiger partial charge is 0.273 e. The zero-order valence-electron chi connectivity index (χ0n) is 16.4. The summed E-state index contributed by atoms with van der Waals surface area (Å²) in [5.74, 6) is -0.452. The fraction of sp³-hybridized carbons (Fsp3) is 0.333. The predicted molar refractivity (Wildman–Crippen MR) is 114 cm³/mol. The molecule has 2 aromatic rings. The van der Waals surface area contributed by atoms with Gasteiger partial charge in [0.25, 0.3) is 0 Å². The number of amides is 1. The van der Waals surface area contributed by atoms with E-state index in [0.29, 0.717) is 36.7 Å². The van der Waals surface area contributed by atoms with Crippen LogP contribution in [-0.2, 0) is 14.8 Å². The van der Waals surface area contributed by atoms with E-state index in [1.54, 1.807) is 43.3 Å². The summed E-state index contributed by atoms with van der Waals surface area (Å²) in [4.78, 5) is 12.7. The van der Waals surface area contributed by atoms with E-state index in [1.807, 2.05) is 19.1 Å². The quantitative estimate of drug-likeness (QED) is 0.578. The smallest absolute Gasteiger partial charge is 0.243 e. The molecule has 1 aliphatic rings. The third-order valence-corrected chi connectivity index (χ3v) is 7.24. The van der Waals surface area contributed by atoms with Crippen LogP contribution in [0.4, 0.5) is 0 Å². The number of aryl methyl sites for hydroxylation is 1. The average molecular weight is 434 g/mol. The van der Waals surface area contributed by atoms with Crippen molar-refractivity contribution < 1.29 is 13.2 Å². The van der Waals surface area contributed by atoms with Crippen LogP contribution in [0.2, 0.25) is 5.02 Å². The highest BCUT2D eigenvalue weighted by Crippen LogP contribution is 2.24. The third kappa shape index (κ3) is 5.23. The molecule has 29 heavy (non-hydrogen) atoms. The van der Waals surface area contributed by atoms with Gasteiger partial charge in [-0.25, -0.2) is 13.8 Å². The van der Waals surface area contributed by atoms with Crippen LogP contribution >= 0.6 is 11.6 Å². The van der Waals surface area contributed by atoms with Gasteiger partial charge in [0.15, 0.2) is 0 Å². The molecule has 0 atom stereocenters. The van der Waals surface area contributed by atoms with E-state index in [9.17, 15) is 13.2 Å². The van der Waals surface area contributed by atoms with E-state index in [-0.39, 0.29) is 16.7 Å². The van der Waals surface area contributed by atoms with Crippen molar-refractivity contribution in [2.75, 3.05) is 13.1 Å². The number of hydrogen-bond acceptors (Lipinski definition) is 4. The van der Waals surface area contributed by atoms with Crippen molar-refractivity contribution in [1.82, 2.24) is 9.73 Å². The second-order valence-electron chi connectivity index (χ2n) is 7.17. The van der Waals surface area contributed by atoms with Gasteiger partial charge in [-0.3, -0.25) is 4.79 Å². The van der Waals surface area contributed by atoms with Crippen molar-refractivity contribution >= 4 is 33.2 Å². The number of sulfonamides is 1. The van der Waals surface area contributed by atoms with E-state index >= 15 is 0 Å². The number of carbonyl (C=O) groups excluding carboxylic acids is 1. The molecule has 1 fully saturated rings. The van der Waals surface area contributed by atoms with Gasteiger partial charge >= 0.3 is 0 Å². The van der Waals surface area contributed by atoms with Crippen LogP contribution < -0.4 is 5.43 Å². The number of nitrogens with zero attached hydrogens (tertiary/aromatic N) is 2. The molecular formula is C21H24ClN3O3S. The second kappa shape index (κ2) is 9.07. The van der Waals surface area contributed by atoms with Gasteiger partial charge in [0.05, 0.1) is 10.6 Å². The molecule has 8 heteroatoms. The van der Waals surface area contributed by atoms with Crippen LogP contribution in [0.15, 0.2) is 58.5 Å². The molecule has 1 amide bonds. The Morgan fingerprint density at radius 2 is 1.66 bits per heavy atom. The Hall–Kier alpha value is -2.22. The number of rotatable bonds is 5. The molecule has 0 aromatic heterocycles. The van der Waals surface area contributed by atoms with Crippen molar-refractivity contribution in [3.05, 3.63) is 64.7 Å². The first-order valence-electron chi connectivity index (χ1n) is 9.44. The molecule has 0 unspecified atom stereocenters. The lowest BCUT2D eigenvalue weighted by molar-refractivity contribution is -0.126. The lowest BCUT2D eigenvalue weighted by atomic mass is 9.98. The van der Waals surface area contributed by atoms with E-state index in [0.717, 1.165) is 11.1 Å². The van der Waals surface area contributed by atoms with Crippen LogP contribution in [-0.4, -0.2) is 37.4 Å². The molecular weight excluding hydrogens is 410 g/mol. The summed E-state index contributed by atoms with van der Waals surface area (Å²) in [6.45, 7) is 4.35. The maximum atomic E-state index is 12.8. The van der Waals surface area contributed by atoms with Gasteiger partial charge in [-0.2, -0.15) is 9.41 Å². The Labute approximate surface area is 176 Å². The zero-order chi connectivity index (χ0) is 21.0. The van der Waals surface area contributed by atoms with Crippen molar-refractivity contribution in [1.29, 1.82) is 0 Å². The number of hydrazone groups is 1. The van der Waals surface area contributed by atoms with Crippen molar-refractivity contribution in [3.8, 4) is 0 Å². The number of nitrogens with one attached hydrogen (secondary N) is 1. The van der Waals surface area contributed by atoms with Crippen molar-refractivity contribution in [2.45, 2.75) is 31.6 Å². The van der Waals surface area contributed by atoms with Gasteiger partial charge in [-0.1, -0.05) is 41.4 Å². The van der Waals surface area contributed by atoms with Gasteiger partial charge in [0, 0.05) is 24.0 Å². The summed E-state index contributed by atoms with van der Waals surface area (Å²) >= 11 is 5.88. The zero-order valence-corrected chi connectivity index (χ0v) is 18.0. The molecule has 0 spiro atoms. The average Bonchev–Trinajstić information content (AvgIpc) is 2.72. The van der Waals surface area contributed by atoms with E-state index in [2.05, 4.69) is 10.5 Å². The van der Waals surface area contributed by atoms with Gasteiger partial charge in [-0.05, 0) is 56.5 Å². The SMILES string of the molecule is CC(=NNC(=O)C1CCN(S(=O)(=O)c2ccc(C)cc2)CC1)c1ccc(Cl)cc1. The molecule has 3 rings (SSSR count). The minimum absolute atomic E-state index is 0.189. The third-order valence-electron chi connectivity index (χ3n) is 5.08. The Morgan fingerprint density at radius 1 is 1.07 bits per heavy atom. The topological polar surface area (TPSA) is 78.8 Å². The molecule has 2 aromatic carbocycles. The maximum absolute atomic E-state index is 12.8. The highest BCUT2D eigenvalue weighted by atomic mass is 35.5. The second-order valence-corrected chi connectivity index (χ2v) is 9.55. The van der Waals surface area contributed by atoms with Gasteiger partial charge in [0.1, 0.15) is 0 Å².